The summed E-state index contributed by atoms with van der Waals surface area (Å²) in [5.41, 5.74) is 1.34. The van der Waals surface area contributed by atoms with Gasteiger partial charge >= 0.3 is 0 Å². The number of aryl methyl sites for hydroxylation is 1. The molecule has 0 aliphatic rings. The minimum atomic E-state index is -1.29. The summed E-state index contributed by atoms with van der Waals surface area (Å²) in [4.78, 5) is 19.7. The Morgan fingerprint density at radius 3 is 2.48 bits per heavy atom. The number of benzene rings is 2. The number of hydrogen-bond acceptors (Lipinski definition) is 5. The van der Waals surface area contributed by atoms with Crippen molar-refractivity contribution in [2.45, 2.75) is 6.92 Å². The molecule has 3 N–H and O–H groups in total. The van der Waals surface area contributed by atoms with Crippen molar-refractivity contribution < 1.29 is 18.8 Å². The molecule has 25 heavy (non-hydrogen) atoms. The van der Waals surface area contributed by atoms with E-state index in [9.17, 15) is 13.6 Å². The van der Waals surface area contributed by atoms with Crippen molar-refractivity contribution in [3.05, 3.63) is 56.9 Å². The molecule has 0 fully saturated rings. The lowest BCUT2D eigenvalue weighted by atomic mass is 10.1. The molecule has 1 heterocycles. The van der Waals surface area contributed by atoms with E-state index in [0.29, 0.717) is 5.69 Å². The Bertz CT molecular complexity index is 998. The van der Waals surface area contributed by atoms with E-state index in [0.717, 1.165) is 9.13 Å². The molecule has 2 aromatic carbocycles. The molecule has 0 unspecified atom stereocenters. The number of anilines is 2. The van der Waals surface area contributed by atoms with Gasteiger partial charge in [-0.05, 0) is 53.3 Å². The van der Waals surface area contributed by atoms with Crippen molar-refractivity contribution in [1.82, 2.24) is 15.4 Å². The Morgan fingerprint density at radius 2 is 1.84 bits per heavy atom. The van der Waals surface area contributed by atoms with Crippen LogP contribution in [0, 0.1) is 22.1 Å². The summed E-state index contributed by atoms with van der Waals surface area (Å²) in [5, 5.41) is 11.7. The van der Waals surface area contributed by atoms with Gasteiger partial charge in [0.05, 0.1) is 11.3 Å². The highest BCUT2D eigenvalue weighted by Gasteiger charge is 2.26. The summed E-state index contributed by atoms with van der Waals surface area (Å²) < 4.78 is 29.9. The van der Waals surface area contributed by atoms with Crippen molar-refractivity contribution in [1.29, 1.82) is 0 Å². The molecule has 1 amide bonds. The molecule has 128 valence electrons. The number of fused-ring (bicyclic) bond motifs is 1. The maximum Gasteiger partial charge on any atom is 0.279 e. The number of aromatic nitrogens is 2. The fraction of sp³-hybridized carbons (Fsp3) is 0.0625. The number of rotatable bonds is 3. The largest absolute Gasteiger partial charge is 0.352 e. The van der Waals surface area contributed by atoms with Crippen LogP contribution in [0.1, 0.15) is 15.9 Å². The first-order valence-corrected chi connectivity index (χ1v) is 8.11. The number of nitrogens with zero attached hydrogens (tertiary/aromatic N) is 2. The predicted molar refractivity (Wildman–Crippen MR) is 95.9 cm³/mol. The quantitative estimate of drug-likeness (QED) is 0.318. The third kappa shape index (κ3) is 3.12. The fourth-order valence-electron chi connectivity index (χ4n) is 2.42. The van der Waals surface area contributed by atoms with E-state index in [2.05, 4.69) is 37.9 Å². The van der Waals surface area contributed by atoms with Crippen LogP contribution in [0.25, 0.3) is 11.0 Å². The van der Waals surface area contributed by atoms with Gasteiger partial charge in [0.2, 0.25) is 0 Å². The zero-order valence-corrected chi connectivity index (χ0v) is 14.9. The SMILES string of the molecule is Cc1cc(I)ccc1Nc1c(F)c(F)c2nccnc2c1C(=O)NO. The molecule has 1 aromatic heterocycles. The number of halogens is 3. The van der Waals surface area contributed by atoms with Crippen molar-refractivity contribution in [3.8, 4) is 0 Å². The molecular formula is C16H11F2IN4O2. The third-order valence-electron chi connectivity index (χ3n) is 3.58. The predicted octanol–water partition coefficient (Wildman–Crippen LogP) is 3.68. The van der Waals surface area contributed by atoms with E-state index in [1.54, 1.807) is 19.1 Å². The van der Waals surface area contributed by atoms with E-state index in [4.69, 9.17) is 5.21 Å². The van der Waals surface area contributed by atoms with E-state index in [-0.39, 0.29) is 11.1 Å². The molecule has 0 aliphatic heterocycles. The molecule has 0 radical (unpaired) electrons. The van der Waals surface area contributed by atoms with Crippen molar-refractivity contribution >= 4 is 50.9 Å². The van der Waals surface area contributed by atoms with Crippen molar-refractivity contribution in [3.63, 3.8) is 0 Å². The summed E-state index contributed by atoms with van der Waals surface area (Å²) in [6.07, 6.45) is 2.43. The number of hydroxylamine groups is 1. The highest BCUT2D eigenvalue weighted by molar-refractivity contribution is 14.1. The molecule has 0 aliphatic carbocycles. The maximum atomic E-state index is 14.6. The Hall–Kier alpha value is -2.40. The van der Waals surface area contributed by atoms with Crippen molar-refractivity contribution in [2.75, 3.05) is 5.32 Å². The number of carbonyl (C=O) groups excluding carboxylic acids is 1. The number of hydrogen-bond donors (Lipinski definition) is 3. The molecule has 6 nitrogen and oxygen atoms in total. The summed E-state index contributed by atoms with van der Waals surface area (Å²) >= 11 is 2.12. The molecule has 3 rings (SSSR count). The van der Waals surface area contributed by atoms with Gasteiger partial charge in [-0.15, -0.1) is 0 Å². The second-order valence-corrected chi connectivity index (χ2v) is 6.40. The number of nitrogens with one attached hydrogen (secondary N) is 2. The first-order chi connectivity index (χ1) is 11.9. The first kappa shape index (κ1) is 17.4. The number of amides is 1. The highest BCUT2D eigenvalue weighted by Crippen LogP contribution is 2.33. The van der Waals surface area contributed by atoms with Gasteiger partial charge in [-0.3, -0.25) is 15.0 Å². The summed E-state index contributed by atoms with van der Waals surface area (Å²) in [5.74, 6) is -3.55. The van der Waals surface area contributed by atoms with E-state index in [1.807, 2.05) is 6.07 Å². The number of carbonyl (C=O) groups is 1. The lowest BCUT2D eigenvalue weighted by Gasteiger charge is -2.16. The van der Waals surface area contributed by atoms with Gasteiger partial charge in [-0.2, -0.15) is 0 Å². The lowest BCUT2D eigenvalue weighted by Crippen LogP contribution is -2.22. The van der Waals surface area contributed by atoms with Gasteiger partial charge in [0.1, 0.15) is 11.0 Å². The molecule has 0 bridgehead atoms. The van der Waals surface area contributed by atoms with E-state index < -0.39 is 28.7 Å². The van der Waals surface area contributed by atoms with Gasteiger partial charge in [0, 0.05) is 21.7 Å². The molecule has 3 aromatic rings. The van der Waals surface area contributed by atoms with Gasteiger partial charge in [-0.25, -0.2) is 19.2 Å². The zero-order valence-electron chi connectivity index (χ0n) is 12.8. The van der Waals surface area contributed by atoms with Crippen LogP contribution in [0.15, 0.2) is 30.6 Å². The van der Waals surface area contributed by atoms with Crippen LogP contribution in [0.4, 0.5) is 20.2 Å². The standard InChI is InChI=1S/C16H11F2IN4O2/c1-7-6-8(19)2-3-9(7)22-13-10(16(24)23-25)14-15(12(18)11(13)17)21-5-4-20-14/h2-6,22,25H,1H3,(H,23,24). The van der Waals surface area contributed by atoms with Crippen LogP contribution in [-0.2, 0) is 0 Å². The summed E-state index contributed by atoms with van der Waals surface area (Å²) in [6, 6.07) is 5.29. The average molecular weight is 456 g/mol. The third-order valence-corrected chi connectivity index (χ3v) is 4.25. The second kappa shape index (κ2) is 6.84. The first-order valence-electron chi connectivity index (χ1n) is 7.03. The maximum absolute atomic E-state index is 14.6. The Labute approximate surface area is 154 Å². The van der Waals surface area contributed by atoms with Crippen LogP contribution in [-0.4, -0.2) is 21.1 Å². The topological polar surface area (TPSA) is 87.1 Å². The van der Waals surface area contributed by atoms with Crippen LogP contribution in [0.5, 0.6) is 0 Å². The minimum absolute atomic E-state index is 0.168. The van der Waals surface area contributed by atoms with Crippen LogP contribution < -0.4 is 10.8 Å². The monoisotopic (exact) mass is 456 g/mol. The molecule has 0 atom stereocenters. The smallest absolute Gasteiger partial charge is 0.279 e. The molecule has 9 heteroatoms. The minimum Gasteiger partial charge on any atom is -0.352 e. The normalized spacial score (nSPS) is 10.8. The molecule has 0 saturated carbocycles. The lowest BCUT2D eigenvalue weighted by molar-refractivity contribution is 0.0708. The van der Waals surface area contributed by atoms with E-state index in [1.165, 1.54) is 17.9 Å². The summed E-state index contributed by atoms with van der Waals surface area (Å²) in [6.45, 7) is 1.78. The molecular weight excluding hydrogens is 445 g/mol. The Morgan fingerprint density at radius 1 is 1.16 bits per heavy atom. The average Bonchev–Trinajstić information content (AvgIpc) is 2.61. The van der Waals surface area contributed by atoms with Crippen LogP contribution in [0.3, 0.4) is 0 Å². The van der Waals surface area contributed by atoms with Gasteiger partial charge < -0.3 is 5.32 Å². The highest BCUT2D eigenvalue weighted by atomic mass is 127. The van der Waals surface area contributed by atoms with E-state index >= 15 is 0 Å². The van der Waals surface area contributed by atoms with Gasteiger partial charge in [-0.1, -0.05) is 0 Å². The molecule has 0 saturated heterocycles. The van der Waals surface area contributed by atoms with Crippen LogP contribution in [0.2, 0.25) is 0 Å². The van der Waals surface area contributed by atoms with Gasteiger partial charge in [0.15, 0.2) is 11.6 Å². The Kier molecular flexibility index (Phi) is 4.77. The fourth-order valence-corrected chi connectivity index (χ4v) is 3.07. The van der Waals surface area contributed by atoms with Crippen molar-refractivity contribution in [2.24, 2.45) is 0 Å². The van der Waals surface area contributed by atoms with Crippen LogP contribution >= 0.6 is 22.6 Å². The van der Waals surface area contributed by atoms with Gasteiger partial charge in [0.25, 0.3) is 5.91 Å². The zero-order chi connectivity index (χ0) is 18.1. The Balaban J connectivity index is 2.29. The summed E-state index contributed by atoms with van der Waals surface area (Å²) in [7, 11) is 0. The second-order valence-electron chi connectivity index (χ2n) is 5.16. The molecule has 0 spiro atoms.